The zero-order valence-corrected chi connectivity index (χ0v) is 15.9. The number of rotatable bonds is 6. The second kappa shape index (κ2) is 8.55. The largest absolute Gasteiger partial charge is 0.493 e. The van der Waals surface area contributed by atoms with E-state index in [4.69, 9.17) is 21.1 Å². The average Bonchev–Trinajstić information content (AvgIpc) is 2.60. The van der Waals surface area contributed by atoms with Gasteiger partial charge >= 0.3 is 0 Å². The number of ketones is 1. The third-order valence-corrected chi connectivity index (χ3v) is 3.84. The smallest absolute Gasteiger partial charge is 0.203 e. The number of carbonyl (C=O) groups is 1. The van der Waals surface area contributed by atoms with Gasteiger partial charge in [-0.25, -0.2) is 0 Å². The number of halogens is 1. The Balaban J connectivity index is 2.44. The highest BCUT2D eigenvalue weighted by molar-refractivity contribution is 6.32. The SMILES string of the molecule is COc1cc(/C=C(\C#N)C(=O)c2cccc(C)c2)cc(Cl)c1OC(C)C. The first-order valence-electron chi connectivity index (χ1n) is 8.13. The van der Waals surface area contributed by atoms with E-state index in [0.29, 0.717) is 27.6 Å². The molecule has 0 unspecified atom stereocenters. The molecule has 0 aliphatic rings. The molecule has 0 aliphatic heterocycles. The first-order chi connectivity index (χ1) is 12.3. The Kier molecular flexibility index (Phi) is 6.43. The summed E-state index contributed by atoms with van der Waals surface area (Å²) in [6.07, 6.45) is 1.43. The van der Waals surface area contributed by atoms with Crippen molar-refractivity contribution in [1.82, 2.24) is 0 Å². The summed E-state index contributed by atoms with van der Waals surface area (Å²) in [6.45, 7) is 5.67. The van der Waals surface area contributed by atoms with Crippen LogP contribution in [0.1, 0.15) is 35.3 Å². The highest BCUT2D eigenvalue weighted by Gasteiger charge is 2.16. The maximum Gasteiger partial charge on any atom is 0.203 e. The number of methoxy groups -OCH3 is 1. The van der Waals surface area contributed by atoms with Gasteiger partial charge in [0.25, 0.3) is 0 Å². The molecular formula is C21H20ClNO3. The van der Waals surface area contributed by atoms with Crippen molar-refractivity contribution >= 4 is 23.5 Å². The van der Waals surface area contributed by atoms with Crippen LogP contribution in [0, 0.1) is 18.3 Å². The number of benzene rings is 2. The van der Waals surface area contributed by atoms with Crippen LogP contribution in [0.4, 0.5) is 0 Å². The van der Waals surface area contributed by atoms with Gasteiger partial charge < -0.3 is 9.47 Å². The fourth-order valence-electron chi connectivity index (χ4n) is 2.43. The molecule has 0 bridgehead atoms. The first kappa shape index (κ1) is 19.6. The van der Waals surface area contributed by atoms with Crippen molar-refractivity contribution in [3.8, 4) is 17.6 Å². The van der Waals surface area contributed by atoms with Crippen LogP contribution in [0.5, 0.6) is 11.5 Å². The Morgan fingerprint density at radius 2 is 2.00 bits per heavy atom. The van der Waals surface area contributed by atoms with Crippen molar-refractivity contribution < 1.29 is 14.3 Å². The maximum absolute atomic E-state index is 12.6. The molecule has 4 nitrogen and oxygen atoms in total. The molecule has 0 N–H and O–H groups in total. The molecule has 2 aromatic rings. The molecule has 0 atom stereocenters. The number of aryl methyl sites for hydroxylation is 1. The fraction of sp³-hybridized carbons (Fsp3) is 0.238. The van der Waals surface area contributed by atoms with Crippen LogP contribution >= 0.6 is 11.6 Å². The first-order valence-corrected chi connectivity index (χ1v) is 8.50. The van der Waals surface area contributed by atoms with Crippen LogP contribution in [0.3, 0.4) is 0 Å². The molecule has 2 aromatic carbocycles. The zero-order chi connectivity index (χ0) is 19.3. The average molecular weight is 370 g/mol. The summed E-state index contributed by atoms with van der Waals surface area (Å²) in [5, 5.41) is 9.78. The number of carbonyl (C=O) groups excluding carboxylic acids is 1. The van der Waals surface area contributed by atoms with E-state index < -0.39 is 0 Å². The predicted octanol–water partition coefficient (Wildman–Crippen LogP) is 5.23. The number of Topliss-reactive ketones (excluding diaryl/α,β-unsaturated/α-hetero) is 1. The van der Waals surface area contributed by atoms with Crippen LogP contribution < -0.4 is 9.47 Å². The number of nitrogens with zero attached hydrogens (tertiary/aromatic N) is 1. The number of ether oxygens (including phenoxy) is 2. The molecule has 0 amide bonds. The van der Waals surface area contributed by atoms with Crippen LogP contribution in [0.15, 0.2) is 42.0 Å². The fourth-order valence-corrected chi connectivity index (χ4v) is 2.69. The van der Waals surface area contributed by atoms with Crippen LogP contribution in [0.25, 0.3) is 6.08 Å². The summed E-state index contributed by atoms with van der Waals surface area (Å²) in [7, 11) is 1.51. The van der Waals surface area contributed by atoms with Crippen LogP contribution in [-0.2, 0) is 0 Å². The van der Waals surface area contributed by atoms with Crippen molar-refractivity contribution in [3.63, 3.8) is 0 Å². The Bertz CT molecular complexity index is 895. The summed E-state index contributed by atoms with van der Waals surface area (Å²) in [6, 6.07) is 12.4. The number of allylic oxidation sites excluding steroid dienone is 1. The quantitative estimate of drug-likeness (QED) is 0.397. The summed E-state index contributed by atoms with van der Waals surface area (Å²) in [4.78, 5) is 12.6. The molecule has 0 fully saturated rings. The van der Waals surface area contributed by atoms with Crippen molar-refractivity contribution in [1.29, 1.82) is 5.26 Å². The van der Waals surface area contributed by atoms with E-state index in [1.807, 2.05) is 32.9 Å². The van der Waals surface area contributed by atoms with Gasteiger partial charge in [0.15, 0.2) is 11.5 Å². The predicted molar refractivity (Wildman–Crippen MR) is 103 cm³/mol. The van der Waals surface area contributed by atoms with Crippen molar-refractivity contribution in [2.45, 2.75) is 26.9 Å². The second-order valence-corrected chi connectivity index (χ2v) is 6.48. The van der Waals surface area contributed by atoms with Crippen molar-refractivity contribution in [2.75, 3.05) is 7.11 Å². The molecule has 26 heavy (non-hydrogen) atoms. The molecule has 0 heterocycles. The molecule has 0 spiro atoms. The highest BCUT2D eigenvalue weighted by Crippen LogP contribution is 2.37. The monoisotopic (exact) mass is 369 g/mol. The molecule has 0 aromatic heterocycles. The lowest BCUT2D eigenvalue weighted by atomic mass is 10.0. The van der Waals surface area contributed by atoms with E-state index in [1.54, 1.807) is 30.3 Å². The molecule has 5 heteroatoms. The van der Waals surface area contributed by atoms with E-state index in [1.165, 1.54) is 13.2 Å². The van der Waals surface area contributed by atoms with Crippen molar-refractivity contribution in [2.24, 2.45) is 0 Å². The topological polar surface area (TPSA) is 59.3 Å². The van der Waals surface area contributed by atoms with E-state index in [2.05, 4.69) is 0 Å². The Labute approximate surface area is 158 Å². The van der Waals surface area contributed by atoms with E-state index in [0.717, 1.165) is 5.56 Å². The molecule has 0 radical (unpaired) electrons. The highest BCUT2D eigenvalue weighted by atomic mass is 35.5. The summed E-state index contributed by atoms with van der Waals surface area (Å²) in [5.74, 6) is 0.538. The third-order valence-electron chi connectivity index (χ3n) is 3.56. The number of nitriles is 1. The second-order valence-electron chi connectivity index (χ2n) is 6.07. The van der Waals surface area contributed by atoms with Crippen LogP contribution in [0.2, 0.25) is 5.02 Å². The summed E-state index contributed by atoms with van der Waals surface area (Å²) >= 11 is 6.30. The molecule has 0 saturated carbocycles. The minimum Gasteiger partial charge on any atom is -0.493 e. The Morgan fingerprint density at radius 3 is 2.58 bits per heavy atom. The van der Waals surface area contributed by atoms with E-state index in [9.17, 15) is 10.1 Å². The van der Waals surface area contributed by atoms with E-state index >= 15 is 0 Å². The standard InChI is InChI=1S/C21H20ClNO3/c1-13(2)26-21-18(22)10-15(11-19(21)25-4)9-17(12-23)20(24)16-7-5-6-14(3)8-16/h5-11,13H,1-4H3/b17-9+. The molecular weight excluding hydrogens is 350 g/mol. The van der Waals surface area contributed by atoms with E-state index in [-0.39, 0.29) is 17.5 Å². The van der Waals surface area contributed by atoms with Gasteiger partial charge in [0.1, 0.15) is 11.6 Å². The van der Waals surface area contributed by atoms with Gasteiger partial charge in [-0.15, -0.1) is 0 Å². The minimum absolute atomic E-state index is 0.0197. The van der Waals surface area contributed by atoms with Gasteiger partial charge in [0, 0.05) is 5.56 Å². The third kappa shape index (κ3) is 4.65. The van der Waals surface area contributed by atoms with Gasteiger partial charge in [0.2, 0.25) is 5.78 Å². The molecule has 0 saturated heterocycles. The molecule has 134 valence electrons. The van der Waals surface area contributed by atoms with Crippen molar-refractivity contribution in [3.05, 3.63) is 63.7 Å². The Morgan fingerprint density at radius 1 is 1.27 bits per heavy atom. The maximum atomic E-state index is 12.6. The van der Waals surface area contributed by atoms with Gasteiger partial charge in [-0.2, -0.15) is 5.26 Å². The zero-order valence-electron chi connectivity index (χ0n) is 15.2. The number of hydrogen-bond donors (Lipinski definition) is 0. The van der Waals surface area contributed by atoms with Gasteiger partial charge in [0.05, 0.1) is 18.2 Å². The molecule has 2 rings (SSSR count). The summed E-state index contributed by atoms with van der Waals surface area (Å²) < 4.78 is 11.0. The van der Waals surface area contributed by atoms with Gasteiger partial charge in [-0.1, -0.05) is 35.4 Å². The lowest BCUT2D eigenvalue weighted by Crippen LogP contribution is -2.07. The lowest BCUT2D eigenvalue weighted by molar-refractivity contribution is 0.104. The Hall–Kier alpha value is -2.77. The van der Waals surface area contributed by atoms with Gasteiger partial charge in [-0.05, 0) is 50.6 Å². The normalized spacial score (nSPS) is 11.2. The number of hydrogen-bond acceptors (Lipinski definition) is 4. The van der Waals surface area contributed by atoms with Crippen LogP contribution in [-0.4, -0.2) is 19.0 Å². The summed E-state index contributed by atoms with van der Waals surface area (Å²) in [5.41, 5.74) is 2.02. The lowest BCUT2D eigenvalue weighted by Gasteiger charge is -2.15. The van der Waals surface area contributed by atoms with Gasteiger partial charge in [-0.3, -0.25) is 4.79 Å². The minimum atomic E-state index is -0.339. The molecule has 0 aliphatic carbocycles.